The van der Waals surface area contributed by atoms with E-state index in [1.807, 2.05) is 18.2 Å². The Kier molecular flexibility index (Phi) is 5.75. The summed E-state index contributed by atoms with van der Waals surface area (Å²) < 4.78 is 65.9. The summed E-state index contributed by atoms with van der Waals surface area (Å²) in [6.45, 7) is -0.0610. The Balaban J connectivity index is 1.76. The minimum absolute atomic E-state index is 0.0598. The van der Waals surface area contributed by atoms with Crippen LogP contribution in [-0.2, 0) is 26.4 Å². The van der Waals surface area contributed by atoms with Gasteiger partial charge in [0.2, 0.25) is 0 Å². The van der Waals surface area contributed by atoms with Crippen LogP contribution in [0, 0.1) is 5.82 Å². The molecule has 1 aliphatic rings. The van der Waals surface area contributed by atoms with Gasteiger partial charge in [0.25, 0.3) is 10.0 Å². The summed E-state index contributed by atoms with van der Waals surface area (Å²) in [5.41, 5.74) is 2.76. The molecule has 10 heteroatoms. The average molecular weight is 467 g/mol. The lowest BCUT2D eigenvalue weighted by Gasteiger charge is -2.27. The number of aromatic nitrogens is 1. The van der Waals surface area contributed by atoms with Gasteiger partial charge in [0.15, 0.2) is 14.9 Å². The Morgan fingerprint density at radius 2 is 1.80 bits per heavy atom. The highest BCUT2D eigenvalue weighted by atomic mass is 32.2. The largest absolute Gasteiger partial charge is 0.262 e. The van der Waals surface area contributed by atoms with Crippen LogP contribution in [0.15, 0.2) is 65.1 Å². The first-order valence-electron chi connectivity index (χ1n) is 9.22. The summed E-state index contributed by atoms with van der Waals surface area (Å²) in [5, 5.41) is -0.0925. The smallest absolute Gasteiger partial charge is 0.231 e. The molecular weight excluding hydrogens is 447 g/mol. The van der Waals surface area contributed by atoms with Gasteiger partial charge in [0, 0.05) is 12.6 Å². The van der Waals surface area contributed by atoms with E-state index in [0.29, 0.717) is 10.4 Å². The van der Waals surface area contributed by atoms with E-state index in [4.69, 9.17) is 0 Å². The van der Waals surface area contributed by atoms with Gasteiger partial charge in [0.1, 0.15) is 5.82 Å². The number of nitrogens with zero attached hydrogens (tertiary/aromatic N) is 2. The van der Waals surface area contributed by atoms with Crippen LogP contribution in [0.4, 0.5) is 4.39 Å². The molecule has 30 heavy (non-hydrogen) atoms. The highest BCUT2D eigenvalue weighted by Gasteiger charge is 2.40. The average Bonchev–Trinajstić information content (AvgIpc) is 3.35. The molecule has 4 rings (SSSR count). The standard InChI is InChI=1S/C20H19FN2O4S3/c21-17-8-6-15(7-9-17)12-23(18-10-11-29(24,25)13-18)30(26,27)20-19(28-14-22-20)16-4-2-1-3-5-16/h1-9,14,18H,10-13H2. The Morgan fingerprint density at radius 3 is 2.43 bits per heavy atom. The number of hydrogen-bond acceptors (Lipinski definition) is 6. The normalized spacial score (nSPS) is 18.7. The lowest BCUT2D eigenvalue weighted by Crippen LogP contribution is -2.40. The van der Waals surface area contributed by atoms with Crippen molar-refractivity contribution < 1.29 is 21.2 Å². The first-order chi connectivity index (χ1) is 14.3. The van der Waals surface area contributed by atoms with Crippen molar-refractivity contribution in [2.75, 3.05) is 11.5 Å². The maximum absolute atomic E-state index is 13.7. The molecule has 6 nitrogen and oxygen atoms in total. The Labute approximate surface area is 179 Å². The van der Waals surface area contributed by atoms with E-state index in [2.05, 4.69) is 4.98 Å². The molecule has 0 radical (unpaired) electrons. The number of hydrogen-bond donors (Lipinski definition) is 0. The lowest BCUT2D eigenvalue weighted by molar-refractivity contribution is 0.333. The Bertz CT molecular complexity index is 1240. The Morgan fingerprint density at radius 1 is 1.10 bits per heavy atom. The second kappa shape index (κ2) is 8.18. The zero-order valence-electron chi connectivity index (χ0n) is 15.8. The first kappa shape index (κ1) is 21.1. The van der Waals surface area contributed by atoms with Crippen molar-refractivity contribution in [2.24, 2.45) is 0 Å². The molecule has 0 amide bonds. The molecule has 2 aromatic carbocycles. The van der Waals surface area contributed by atoms with Crippen LogP contribution < -0.4 is 0 Å². The minimum atomic E-state index is -4.10. The molecule has 158 valence electrons. The van der Waals surface area contributed by atoms with Gasteiger partial charge >= 0.3 is 0 Å². The maximum atomic E-state index is 13.7. The van der Waals surface area contributed by atoms with E-state index < -0.39 is 31.7 Å². The van der Waals surface area contributed by atoms with Gasteiger partial charge in [-0.15, -0.1) is 11.3 Å². The van der Waals surface area contributed by atoms with Crippen LogP contribution in [0.5, 0.6) is 0 Å². The van der Waals surface area contributed by atoms with Crippen LogP contribution in [0.1, 0.15) is 12.0 Å². The van der Waals surface area contributed by atoms with Gasteiger partial charge in [-0.05, 0) is 29.7 Å². The molecule has 1 aliphatic heterocycles. The molecule has 3 aromatic rings. The van der Waals surface area contributed by atoms with Gasteiger partial charge in [0.05, 0.1) is 21.9 Å². The lowest BCUT2D eigenvalue weighted by atomic mass is 10.2. The predicted molar refractivity (Wildman–Crippen MR) is 114 cm³/mol. The second-order valence-corrected chi connectivity index (χ2v) is 12.0. The fourth-order valence-electron chi connectivity index (χ4n) is 3.49. The summed E-state index contributed by atoms with van der Waals surface area (Å²) in [6.07, 6.45) is 0.216. The van der Waals surface area contributed by atoms with Crippen LogP contribution >= 0.6 is 11.3 Å². The first-order valence-corrected chi connectivity index (χ1v) is 13.4. The number of rotatable bonds is 6. The van der Waals surface area contributed by atoms with Gasteiger partial charge < -0.3 is 0 Å². The maximum Gasteiger partial charge on any atom is 0.262 e. The minimum Gasteiger partial charge on any atom is -0.231 e. The molecule has 0 aliphatic carbocycles. The third-order valence-corrected chi connectivity index (χ3v) is 9.59. The number of sulfone groups is 1. The Hall–Kier alpha value is -2.14. The zero-order chi connectivity index (χ0) is 21.4. The highest BCUT2D eigenvalue weighted by Crippen LogP contribution is 2.35. The number of sulfonamides is 1. The van der Waals surface area contributed by atoms with Gasteiger partial charge in [-0.3, -0.25) is 0 Å². The summed E-state index contributed by atoms with van der Waals surface area (Å²) in [7, 11) is -7.42. The summed E-state index contributed by atoms with van der Waals surface area (Å²) in [6, 6.07) is 13.9. The van der Waals surface area contributed by atoms with Gasteiger partial charge in [-0.25, -0.2) is 26.2 Å². The molecule has 0 N–H and O–H groups in total. The monoisotopic (exact) mass is 466 g/mol. The van der Waals surface area contributed by atoms with Gasteiger partial charge in [-0.2, -0.15) is 4.31 Å². The highest BCUT2D eigenvalue weighted by molar-refractivity contribution is 7.92. The molecule has 1 aromatic heterocycles. The number of benzene rings is 2. The quantitative estimate of drug-likeness (QED) is 0.556. The van der Waals surface area contributed by atoms with Crippen molar-refractivity contribution >= 4 is 31.2 Å². The van der Waals surface area contributed by atoms with E-state index in [-0.39, 0.29) is 29.5 Å². The summed E-state index contributed by atoms with van der Waals surface area (Å²) >= 11 is 1.21. The zero-order valence-corrected chi connectivity index (χ0v) is 18.3. The van der Waals surface area contributed by atoms with Crippen LogP contribution in [0.25, 0.3) is 10.4 Å². The van der Waals surface area contributed by atoms with Crippen molar-refractivity contribution in [3.63, 3.8) is 0 Å². The van der Waals surface area contributed by atoms with E-state index in [0.717, 1.165) is 5.56 Å². The summed E-state index contributed by atoms with van der Waals surface area (Å²) in [4.78, 5) is 4.63. The predicted octanol–water partition coefficient (Wildman–Crippen LogP) is 3.33. The fraction of sp³-hybridized carbons (Fsp3) is 0.250. The van der Waals surface area contributed by atoms with E-state index in [1.165, 1.54) is 45.4 Å². The van der Waals surface area contributed by atoms with E-state index in [1.54, 1.807) is 12.1 Å². The van der Waals surface area contributed by atoms with Crippen molar-refractivity contribution in [1.82, 2.24) is 9.29 Å². The third-order valence-electron chi connectivity index (χ3n) is 4.99. The molecule has 2 heterocycles. The molecule has 1 atom stereocenters. The number of thiazole rings is 1. The van der Waals surface area contributed by atoms with Crippen molar-refractivity contribution in [1.29, 1.82) is 0 Å². The van der Waals surface area contributed by atoms with Crippen molar-refractivity contribution in [3.05, 3.63) is 71.5 Å². The van der Waals surface area contributed by atoms with E-state index >= 15 is 0 Å². The molecule has 0 bridgehead atoms. The number of halogens is 1. The van der Waals surface area contributed by atoms with Crippen LogP contribution in [-0.4, -0.2) is 43.7 Å². The van der Waals surface area contributed by atoms with E-state index in [9.17, 15) is 21.2 Å². The molecule has 1 saturated heterocycles. The van der Waals surface area contributed by atoms with Crippen molar-refractivity contribution in [2.45, 2.75) is 24.0 Å². The fourth-order valence-corrected chi connectivity index (χ4v) is 8.19. The topological polar surface area (TPSA) is 84.4 Å². The molecule has 1 fully saturated rings. The molecular formula is C20H19FN2O4S3. The summed E-state index contributed by atoms with van der Waals surface area (Å²) in [5.74, 6) is -0.726. The van der Waals surface area contributed by atoms with Crippen LogP contribution in [0.3, 0.4) is 0 Å². The van der Waals surface area contributed by atoms with Crippen molar-refractivity contribution in [3.8, 4) is 10.4 Å². The van der Waals surface area contributed by atoms with Crippen LogP contribution in [0.2, 0.25) is 0 Å². The SMILES string of the molecule is O=S1(=O)CCC(N(Cc2ccc(F)cc2)S(=O)(=O)c2ncsc2-c2ccccc2)C1. The third kappa shape index (κ3) is 4.31. The molecule has 1 unspecified atom stereocenters. The van der Waals surface area contributed by atoms with Gasteiger partial charge in [-0.1, -0.05) is 42.5 Å². The molecule has 0 spiro atoms. The second-order valence-electron chi connectivity index (χ2n) is 7.09. The molecule has 0 saturated carbocycles.